The number of fused-ring (bicyclic) bond motifs is 1. The molecule has 0 atom stereocenters. The molecule has 0 unspecified atom stereocenters. The summed E-state index contributed by atoms with van der Waals surface area (Å²) in [5.74, 6) is -0.155. The topological polar surface area (TPSA) is 84.0 Å². The third kappa shape index (κ3) is 4.92. The van der Waals surface area contributed by atoms with Crippen molar-refractivity contribution >= 4 is 45.3 Å². The minimum Gasteiger partial charge on any atom is -0.335 e. The number of rotatable bonds is 5. The highest BCUT2D eigenvalue weighted by molar-refractivity contribution is 8.00. The first kappa shape index (κ1) is 18.1. The molecule has 134 valence electrons. The van der Waals surface area contributed by atoms with E-state index in [-0.39, 0.29) is 17.7 Å². The number of carbonyl (C=O) groups excluding carboxylic acids is 2. The van der Waals surface area contributed by atoms with E-state index >= 15 is 0 Å². The van der Waals surface area contributed by atoms with E-state index in [1.165, 1.54) is 29.4 Å². The maximum atomic E-state index is 12.0. The molecule has 25 heavy (non-hydrogen) atoms. The molecule has 3 rings (SSSR count). The van der Waals surface area contributed by atoms with Crippen molar-refractivity contribution in [2.24, 2.45) is 0 Å². The van der Waals surface area contributed by atoms with Crippen LogP contribution in [-0.4, -0.2) is 33.7 Å². The van der Waals surface area contributed by atoms with Gasteiger partial charge in [0, 0.05) is 16.3 Å². The molecular formula is C17H22N4O2S2. The van der Waals surface area contributed by atoms with Crippen molar-refractivity contribution in [2.45, 2.75) is 56.5 Å². The second-order valence-electron chi connectivity index (χ2n) is 6.11. The average Bonchev–Trinajstić information content (AvgIpc) is 3.04. The second kappa shape index (κ2) is 8.62. The number of carbonyl (C=O) groups is 2. The number of nitrogens with one attached hydrogen (secondary N) is 2. The molecule has 3 amide bonds. The Balaban J connectivity index is 1.52. The fourth-order valence-electron chi connectivity index (χ4n) is 2.94. The maximum absolute atomic E-state index is 12.0. The van der Waals surface area contributed by atoms with Crippen LogP contribution < -0.4 is 10.6 Å². The van der Waals surface area contributed by atoms with Gasteiger partial charge in [0.1, 0.15) is 16.2 Å². The lowest BCUT2D eigenvalue weighted by molar-refractivity contribution is -0.117. The van der Waals surface area contributed by atoms with E-state index in [0.717, 1.165) is 47.3 Å². The van der Waals surface area contributed by atoms with Crippen LogP contribution in [0.2, 0.25) is 0 Å². The molecule has 1 saturated carbocycles. The summed E-state index contributed by atoms with van der Waals surface area (Å²) < 4.78 is 0. The summed E-state index contributed by atoms with van der Waals surface area (Å²) in [4.78, 5) is 34.7. The van der Waals surface area contributed by atoms with Gasteiger partial charge in [-0.2, -0.15) is 0 Å². The van der Waals surface area contributed by atoms with Gasteiger partial charge < -0.3 is 5.32 Å². The number of thiophene rings is 1. The fourth-order valence-corrected chi connectivity index (χ4v) is 4.71. The van der Waals surface area contributed by atoms with E-state index in [4.69, 9.17) is 0 Å². The van der Waals surface area contributed by atoms with Crippen LogP contribution in [0.1, 0.15) is 43.9 Å². The molecule has 6 nitrogen and oxygen atoms in total. The minimum absolute atomic E-state index is 0.154. The standard InChI is InChI=1S/C17H22N4O2S2/c1-2-12-8-13-15(18-10-19-16(13)25-12)24-9-14(22)21-17(23)20-11-6-4-3-5-7-11/h8,10-11H,2-7,9H2,1H3,(H2,20,21,22,23). The number of nitrogens with zero attached hydrogens (tertiary/aromatic N) is 2. The van der Waals surface area contributed by atoms with Gasteiger partial charge in [0.25, 0.3) is 0 Å². The number of thioether (sulfide) groups is 1. The predicted molar refractivity (Wildman–Crippen MR) is 101 cm³/mol. The largest absolute Gasteiger partial charge is 0.335 e. The van der Waals surface area contributed by atoms with Crippen LogP contribution in [0, 0.1) is 0 Å². The van der Waals surface area contributed by atoms with Crippen LogP contribution in [0.3, 0.4) is 0 Å². The molecule has 2 N–H and O–H groups in total. The highest BCUT2D eigenvalue weighted by atomic mass is 32.2. The third-order valence-electron chi connectivity index (χ3n) is 4.23. The summed E-state index contributed by atoms with van der Waals surface area (Å²) >= 11 is 2.98. The van der Waals surface area contributed by atoms with Gasteiger partial charge in [-0.1, -0.05) is 37.9 Å². The highest BCUT2D eigenvalue weighted by Gasteiger charge is 2.17. The number of aromatic nitrogens is 2. The highest BCUT2D eigenvalue weighted by Crippen LogP contribution is 2.30. The molecule has 2 aromatic heterocycles. The summed E-state index contributed by atoms with van der Waals surface area (Å²) in [7, 11) is 0. The SMILES string of the molecule is CCc1cc2c(SCC(=O)NC(=O)NC3CCCCC3)ncnc2s1. The quantitative estimate of drug-likeness (QED) is 0.614. The van der Waals surface area contributed by atoms with Crippen molar-refractivity contribution in [3.63, 3.8) is 0 Å². The average molecular weight is 379 g/mol. The Kier molecular flexibility index (Phi) is 6.25. The Morgan fingerprint density at radius 1 is 1.28 bits per heavy atom. The van der Waals surface area contributed by atoms with Gasteiger partial charge in [-0.15, -0.1) is 11.3 Å². The van der Waals surface area contributed by atoms with Gasteiger partial charge in [-0.3, -0.25) is 10.1 Å². The molecule has 8 heteroatoms. The molecule has 0 spiro atoms. The lowest BCUT2D eigenvalue weighted by atomic mass is 9.96. The zero-order chi connectivity index (χ0) is 17.6. The number of urea groups is 1. The molecule has 1 aliphatic carbocycles. The third-order valence-corrected chi connectivity index (χ3v) is 6.42. The second-order valence-corrected chi connectivity index (χ2v) is 8.19. The number of amides is 3. The molecule has 0 aromatic carbocycles. The van der Waals surface area contributed by atoms with Crippen molar-refractivity contribution in [2.75, 3.05) is 5.75 Å². The van der Waals surface area contributed by atoms with Crippen LogP contribution in [0.25, 0.3) is 10.2 Å². The van der Waals surface area contributed by atoms with Gasteiger partial charge in [-0.05, 0) is 25.3 Å². The van der Waals surface area contributed by atoms with Crippen molar-refractivity contribution in [1.29, 1.82) is 0 Å². The summed E-state index contributed by atoms with van der Waals surface area (Å²) in [5, 5.41) is 7.06. The molecule has 0 bridgehead atoms. The van der Waals surface area contributed by atoms with E-state index in [2.05, 4.69) is 33.6 Å². The zero-order valence-corrected chi connectivity index (χ0v) is 15.8. The zero-order valence-electron chi connectivity index (χ0n) is 14.2. The molecule has 0 radical (unpaired) electrons. The van der Waals surface area contributed by atoms with Gasteiger partial charge >= 0.3 is 6.03 Å². The van der Waals surface area contributed by atoms with Crippen molar-refractivity contribution in [3.05, 3.63) is 17.3 Å². The maximum Gasteiger partial charge on any atom is 0.321 e. The molecule has 0 saturated heterocycles. The van der Waals surface area contributed by atoms with Crippen LogP contribution in [0.5, 0.6) is 0 Å². The van der Waals surface area contributed by atoms with E-state index in [0.29, 0.717) is 0 Å². The number of imide groups is 1. The van der Waals surface area contributed by atoms with Gasteiger partial charge in [0.15, 0.2) is 0 Å². The van der Waals surface area contributed by atoms with Crippen LogP contribution in [-0.2, 0) is 11.2 Å². The summed E-state index contributed by atoms with van der Waals surface area (Å²) in [6, 6.07) is 1.87. The predicted octanol–water partition coefficient (Wildman–Crippen LogP) is 3.50. The Morgan fingerprint density at radius 3 is 2.84 bits per heavy atom. The van der Waals surface area contributed by atoms with Crippen LogP contribution >= 0.6 is 23.1 Å². The fraction of sp³-hybridized carbons (Fsp3) is 0.529. The first-order valence-electron chi connectivity index (χ1n) is 8.62. The molecular weight excluding hydrogens is 356 g/mol. The van der Waals surface area contributed by atoms with Gasteiger partial charge in [0.2, 0.25) is 5.91 Å². The molecule has 1 fully saturated rings. The monoisotopic (exact) mass is 378 g/mol. The van der Waals surface area contributed by atoms with E-state index < -0.39 is 6.03 Å². The van der Waals surface area contributed by atoms with Crippen LogP contribution in [0.15, 0.2) is 17.4 Å². The van der Waals surface area contributed by atoms with Crippen molar-refractivity contribution in [3.8, 4) is 0 Å². The molecule has 0 aliphatic heterocycles. The Labute approximate surface area is 155 Å². The smallest absolute Gasteiger partial charge is 0.321 e. The number of hydrogen-bond donors (Lipinski definition) is 2. The normalized spacial score (nSPS) is 15.2. The lowest BCUT2D eigenvalue weighted by Gasteiger charge is -2.22. The van der Waals surface area contributed by atoms with Crippen LogP contribution in [0.4, 0.5) is 4.79 Å². The molecule has 2 heterocycles. The number of aryl methyl sites for hydroxylation is 1. The molecule has 1 aliphatic rings. The lowest BCUT2D eigenvalue weighted by Crippen LogP contribution is -2.45. The molecule has 2 aromatic rings. The Hall–Kier alpha value is -1.67. The summed E-state index contributed by atoms with van der Waals surface area (Å²) in [5.41, 5.74) is 0. The van der Waals surface area contributed by atoms with Crippen molar-refractivity contribution in [1.82, 2.24) is 20.6 Å². The first-order chi connectivity index (χ1) is 12.2. The van der Waals surface area contributed by atoms with E-state index in [9.17, 15) is 9.59 Å². The Morgan fingerprint density at radius 2 is 2.08 bits per heavy atom. The first-order valence-corrected chi connectivity index (χ1v) is 10.4. The van der Waals surface area contributed by atoms with E-state index in [1.54, 1.807) is 11.3 Å². The minimum atomic E-state index is -0.394. The van der Waals surface area contributed by atoms with Gasteiger partial charge in [0.05, 0.1) is 5.75 Å². The van der Waals surface area contributed by atoms with Crippen molar-refractivity contribution < 1.29 is 9.59 Å². The number of hydrogen-bond acceptors (Lipinski definition) is 6. The van der Waals surface area contributed by atoms with E-state index in [1.807, 2.05) is 0 Å². The van der Waals surface area contributed by atoms with Gasteiger partial charge in [-0.25, -0.2) is 14.8 Å². The Bertz CT molecular complexity index is 756. The summed E-state index contributed by atoms with van der Waals surface area (Å²) in [6.07, 6.45) is 7.96. The summed E-state index contributed by atoms with van der Waals surface area (Å²) in [6.45, 7) is 2.10.